The van der Waals surface area contributed by atoms with E-state index in [1.807, 2.05) is 7.05 Å². The number of likely N-dealkylation sites (N-methyl/N-ethyl adjacent to an activating group) is 1. The zero-order valence-corrected chi connectivity index (χ0v) is 28.5. The second kappa shape index (κ2) is 16.2. The Bertz CT molecular complexity index is 1150. The molecule has 6 aliphatic rings. The van der Waals surface area contributed by atoms with Crippen LogP contribution in [0.1, 0.15) is 77.0 Å². The fourth-order valence-corrected chi connectivity index (χ4v) is 8.82. The molecule has 8 N–H and O–H groups in total. The molecule has 16 nitrogen and oxygen atoms in total. The lowest BCUT2D eigenvalue weighted by molar-refractivity contribution is -0.362. The summed E-state index contributed by atoms with van der Waals surface area (Å²) in [7, 11) is 1.88. The van der Waals surface area contributed by atoms with Gasteiger partial charge in [0.15, 0.2) is 29.8 Å². The minimum Gasteiger partial charge on any atom is -0.479 e. The molecule has 0 aromatic rings. The van der Waals surface area contributed by atoms with Crippen LogP contribution in [0.5, 0.6) is 0 Å². The van der Waals surface area contributed by atoms with Gasteiger partial charge >= 0.3 is 12.2 Å². The number of aliphatic imine (C=N–C) groups is 1. The quantitative estimate of drug-likeness (QED) is 0.0747. The topological polar surface area (TPSA) is 243 Å². The van der Waals surface area contributed by atoms with Gasteiger partial charge in [-0.3, -0.25) is 5.32 Å². The molecular formula is C34H54N3O13+. The van der Waals surface area contributed by atoms with Crippen molar-refractivity contribution in [2.45, 2.75) is 156 Å². The van der Waals surface area contributed by atoms with Crippen LogP contribution in [0.4, 0.5) is 0 Å². The summed E-state index contributed by atoms with van der Waals surface area (Å²) in [5, 5.41) is 85.5. The number of hydrogen-bond donors (Lipinski definition) is 8. The predicted octanol–water partition coefficient (Wildman–Crippen LogP) is -0.135. The van der Waals surface area contributed by atoms with E-state index in [9.17, 15) is 40.5 Å². The van der Waals surface area contributed by atoms with Gasteiger partial charge in [-0.25, -0.2) is 4.79 Å². The summed E-state index contributed by atoms with van der Waals surface area (Å²) >= 11 is 0. The lowest BCUT2D eigenvalue weighted by Gasteiger charge is -2.53. The van der Waals surface area contributed by atoms with Crippen molar-refractivity contribution in [3.63, 3.8) is 0 Å². The first-order valence-corrected chi connectivity index (χ1v) is 18.1. The number of nitrogens with one attached hydrogen (secondary N) is 1. The van der Waals surface area contributed by atoms with Gasteiger partial charge < -0.3 is 64.7 Å². The summed E-state index contributed by atoms with van der Waals surface area (Å²) < 4.78 is 30.7. The van der Waals surface area contributed by atoms with E-state index < -0.39 is 84.8 Å². The number of carboxylic acids is 1. The largest absolute Gasteiger partial charge is 0.479 e. The number of aliphatic hydroxyl groups excluding tert-OH is 4. The second-order valence-electron chi connectivity index (χ2n) is 14.9. The summed E-state index contributed by atoms with van der Waals surface area (Å²) in [5.74, 6) is -3.79. The van der Waals surface area contributed by atoms with E-state index in [4.69, 9.17) is 23.7 Å². The summed E-state index contributed by atoms with van der Waals surface area (Å²) in [4.78, 5) is 16.2. The van der Waals surface area contributed by atoms with Crippen LogP contribution in [-0.2, 0) is 28.5 Å². The highest BCUT2D eigenvalue weighted by atomic mass is 16.7. The minimum atomic E-state index is -2.49. The highest BCUT2D eigenvalue weighted by Crippen LogP contribution is 2.46. The van der Waals surface area contributed by atoms with E-state index in [-0.39, 0.29) is 30.6 Å². The Morgan fingerprint density at radius 1 is 1.04 bits per heavy atom. The van der Waals surface area contributed by atoms with Crippen molar-refractivity contribution in [2.24, 2.45) is 16.8 Å². The van der Waals surface area contributed by atoms with Crippen LogP contribution in [0.3, 0.4) is 0 Å². The molecule has 0 amide bonds. The van der Waals surface area contributed by atoms with Gasteiger partial charge in [-0.2, -0.15) is 0 Å². The minimum absolute atomic E-state index is 0.0479. The van der Waals surface area contributed by atoms with Gasteiger partial charge in [0.1, 0.15) is 24.7 Å². The third-order valence-corrected chi connectivity index (χ3v) is 11.5. The molecule has 0 bridgehead atoms. The zero-order valence-electron chi connectivity index (χ0n) is 28.5. The molecule has 282 valence electrons. The molecule has 0 radical (unpaired) electrons. The molecule has 12 atom stereocenters. The Labute approximate surface area is 292 Å². The van der Waals surface area contributed by atoms with Gasteiger partial charge in [-0.1, -0.05) is 11.4 Å². The maximum absolute atomic E-state index is 12.4. The molecule has 3 heterocycles. The van der Waals surface area contributed by atoms with Gasteiger partial charge in [-0.15, -0.1) is 0 Å². The SMILES string of the molecule is CNCCOC1CCC(C2CC(O)C3C(CC(OC4OC(C(=O)O)C(O)(C[C+]5C=N[CH+][N-]5)C(O)C4O)C(OC4(O)CCCCC4)C3O)O2)CC1. The van der Waals surface area contributed by atoms with Crippen LogP contribution < -0.4 is 5.32 Å². The van der Waals surface area contributed by atoms with E-state index in [0.29, 0.717) is 38.7 Å². The normalized spacial score (nSPS) is 44.8. The number of rotatable bonds is 12. The number of carboxylic acid groups (broad SMARTS) is 1. The van der Waals surface area contributed by atoms with Crippen LogP contribution in [0.15, 0.2) is 4.99 Å². The third kappa shape index (κ3) is 8.12. The predicted molar refractivity (Wildman–Crippen MR) is 174 cm³/mol. The van der Waals surface area contributed by atoms with Crippen molar-refractivity contribution in [3.05, 3.63) is 18.0 Å². The fraction of sp³-hybridized carbons (Fsp3) is 0.882. The molecule has 50 heavy (non-hydrogen) atoms. The van der Waals surface area contributed by atoms with Crippen LogP contribution >= 0.6 is 0 Å². The summed E-state index contributed by atoms with van der Waals surface area (Å²) in [5.41, 5.74) is -2.49. The smallest absolute Gasteiger partial charge is 0.336 e. The van der Waals surface area contributed by atoms with Gasteiger partial charge in [0.05, 0.1) is 49.9 Å². The molecule has 6 rings (SSSR count). The molecule has 0 aromatic heterocycles. The number of ether oxygens (including phenoxy) is 5. The Kier molecular flexibility index (Phi) is 12.3. The molecule has 0 spiro atoms. The van der Waals surface area contributed by atoms with Crippen molar-refractivity contribution in [1.82, 2.24) is 5.32 Å². The van der Waals surface area contributed by atoms with E-state index in [1.54, 1.807) is 0 Å². The summed E-state index contributed by atoms with van der Waals surface area (Å²) in [6, 6.07) is 0.181. The lowest BCUT2D eigenvalue weighted by Crippen LogP contribution is -2.70. The molecule has 12 unspecified atom stereocenters. The number of aliphatic hydroxyl groups is 6. The van der Waals surface area contributed by atoms with Crippen LogP contribution in [0, 0.1) is 24.5 Å². The molecule has 3 aliphatic carbocycles. The molecule has 0 aromatic carbocycles. The van der Waals surface area contributed by atoms with Crippen molar-refractivity contribution < 1.29 is 64.2 Å². The van der Waals surface area contributed by atoms with Crippen molar-refractivity contribution in [2.75, 3.05) is 20.2 Å². The average molecular weight is 713 g/mol. The van der Waals surface area contributed by atoms with Crippen molar-refractivity contribution in [3.8, 4) is 0 Å². The third-order valence-electron chi connectivity index (χ3n) is 11.5. The van der Waals surface area contributed by atoms with E-state index in [2.05, 4.69) is 15.6 Å². The highest BCUT2D eigenvalue weighted by Gasteiger charge is 2.63. The van der Waals surface area contributed by atoms with Gasteiger partial charge in [0.25, 0.3) is 0 Å². The highest BCUT2D eigenvalue weighted by molar-refractivity contribution is 5.83. The van der Waals surface area contributed by atoms with E-state index in [0.717, 1.165) is 38.6 Å². The van der Waals surface area contributed by atoms with E-state index >= 15 is 0 Å². The first-order valence-electron chi connectivity index (χ1n) is 18.1. The Balaban J connectivity index is 1.19. The first-order chi connectivity index (χ1) is 23.9. The molecule has 3 aliphatic heterocycles. The van der Waals surface area contributed by atoms with Crippen molar-refractivity contribution >= 4 is 12.2 Å². The number of nitrogens with zero attached hydrogens (tertiary/aromatic N) is 2. The Morgan fingerprint density at radius 3 is 2.44 bits per heavy atom. The molecule has 2 saturated heterocycles. The van der Waals surface area contributed by atoms with Crippen LogP contribution in [-0.4, -0.2) is 147 Å². The van der Waals surface area contributed by atoms with Gasteiger partial charge in [-0.05, 0) is 51.5 Å². The summed E-state index contributed by atoms with van der Waals surface area (Å²) in [6.45, 7) is 2.62. The molecule has 16 heteroatoms. The first kappa shape index (κ1) is 38.1. The van der Waals surface area contributed by atoms with Crippen LogP contribution in [0.25, 0.3) is 5.32 Å². The Hall–Kier alpha value is -1.64. The summed E-state index contributed by atoms with van der Waals surface area (Å²) in [6.07, 6.45) is -5.67. The average Bonchev–Trinajstić information content (AvgIpc) is 3.60. The maximum Gasteiger partial charge on any atom is 0.336 e. The molecular weight excluding hydrogens is 658 g/mol. The Morgan fingerprint density at radius 2 is 1.78 bits per heavy atom. The maximum atomic E-state index is 12.4. The zero-order chi connectivity index (χ0) is 35.6. The number of fused-ring (bicyclic) bond motifs is 1. The molecule has 3 saturated carbocycles. The van der Waals surface area contributed by atoms with Crippen LogP contribution in [0.2, 0.25) is 0 Å². The number of aliphatic carboxylic acids is 1. The van der Waals surface area contributed by atoms with E-state index in [1.165, 1.54) is 12.9 Å². The molecule has 5 fully saturated rings. The standard InChI is InChI=1S/C34H53N3O13/c1-35-11-12-46-20-7-5-18(6-8-20)22-13-21(38)25-23(47-22)14-24(28(26(25)39)50-33(44)9-3-2-4-10-33)48-32-27(40)29(41)34(45,30(49-32)31(42)43)15-19-16-36-17-37-19/h16-18,20-30,32,35,38-41,44-45H,2-15H2,1H3/p+1. The monoisotopic (exact) mass is 712 g/mol. The van der Waals surface area contributed by atoms with Gasteiger partial charge in [0.2, 0.25) is 0 Å². The number of carbonyl (C=O) groups is 1. The van der Waals surface area contributed by atoms with Gasteiger partial charge in [0, 0.05) is 38.1 Å². The van der Waals surface area contributed by atoms with Crippen molar-refractivity contribution in [1.29, 1.82) is 0 Å². The second-order valence-corrected chi connectivity index (χ2v) is 14.9. The fourth-order valence-electron chi connectivity index (χ4n) is 8.82. The number of hydrogen-bond acceptors (Lipinski definition) is 14. The lowest BCUT2D eigenvalue weighted by atomic mass is 9.71.